The van der Waals surface area contributed by atoms with Gasteiger partial charge in [-0.15, -0.1) is 11.3 Å². The molecule has 0 radical (unpaired) electrons. The van der Waals surface area contributed by atoms with E-state index >= 15 is 0 Å². The van der Waals surface area contributed by atoms with Gasteiger partial charge in [0, 0.05) is 9.90 Å². The van der Waals surface area contributed by atoms with Crippen molar-refractivity contribution in [2.24, 2.45) is 0 Å². The van der Waals surface area contributed by atoms with E-state index < -0.39 is 0 Å². The Morgan fingerprint density at radius 2 is 1.90 bits per heavy atom. The highest BCUT2D eigenvalue weighted by Crippen LogP contribution is 2.38. The number of para-hydroxylation sites is 1. The predicted octanol–water partition coefficient (Wildman–Crippen LogP) is 5.98. The molecule has 1 aliphatic carbocycles. The first-order valence-electron chi connectivity index (χ1n) is 9.48. The summed E-state index contributed by atoms with van der Waals surface area (Å²) < 4.78 is 5.89. The molecule has 1 N–H and O–H groups in total. The minimum absolute atomic E-state index is 0.271. The molecule has 4 nitrogen and oxygen atoms in total. The van der Waals surface area contributed by atoms with Gasteiger partial charge in [0.1, 0.15) is 23.4 Å². The number of hydrogen-bond acceptors (Lipinski definition) is 4. The number of benzene rings is 2. The summed E-state index contributed by atoms with van der Waals surface area (Å²) in [7, 11) is 0. The number of amides is 1. The van der Waals surface area contributed by atoms with Crippen LogP contribution >= 0.6 is 22.9 Å². The van der Waals surface area contributed by atoms with Crippen molar-refractivity contribution in [3.8, 4) is 11.8 Å². The topological polar surface area (TPSA) is 62.1 Å². The number of rotatable bonds is 5. The third kappa shape index (κ3) is 4.29. The van der Waals surface area contributed by atoms with Gasteiger partial charge in [-0.25, -0.2) is 0 Å². The Hall–Kier alpha value is -2.81. The minimum atomic E-state index is -0.271. The summed E-state index contributed by atoms with van der Waals surface area (Å²) in [4.78, 5) is 14.2. The van der Waals surface area contributed by atoms with E-state index in [1.807, 2.05) is 18.2 Å². The van der Waals surface area contributed by atoms with E-state index in [0.717, 1.165) is 36.8 Å². The Labute approximate surface area is 178 Å². The maximum absolute atomic E-state index is 13.0. The lowest BCUT2D eigenvalue weighted by molar-refractivity contribution is 0.102. The van der Waals surface area contributed by atoms with Crippen molar-refractivity contribution in [2.45, 2.75) is 32.3 Å². The Kier molecular flexibility index (Phi) is 5.84. The molecular weight excluding hydrogens is 404 g/mol. The molecule has 29 heavy (non-hydrogen) atoms. The Balaban J connectivity index is 1.53. The smallest absolute Gasteiger partial charge is 0.260 e. The average Bonchev–Trinajstić information content (AvgIpc) is 3.10. The van der Waals surface area contributed by atoms with Crippen LogP contribution in [0.3, 0.4) is 0 Å². The van der Waals surface area contributed by atoms with Crippen molar-refractivity contribution < 1.29 is 9.53 Å². The molecule has 1 amide bonds. The molecule has 1 aromatic heterocycles. The zero-order valence-electron chi connectivity index (χ0n) is 15.7. The summed E-state index contributed by atoms with van der Waals surface area (Å²) in [5.74, 6) is 0.228. The van der Waals surface area contributed by atoms with Crippen LogP contribution in [0.2, 0.25) is 5.02 Å². The first-order valence-corrected chi connectivity index (χ1v) is 10.7. The number of hydrogen-bond donors (Lipinski definition) is 1. The molecule has 2 aromatic carbocycles. The molecule has 4 rings (SSSR count). The first-order chi connectivity index (χ1) is 14.2. The molecule has 0 aliphatic heterocycles. The van der Waals surface area contributed by atoms with Crippen LogP contribution in [-0.2, 0) is 19.4 Å². The van der Waals surface area contributed by atoms with E-state index in [2.05, 4.69) is 11.4 Å². The van der Waals surface area contributed by atoms with E-state index in [-0.39, 0.29) is 5.91 Å². The van der Waals surface area contributed by atoms with Crippen molar-refractivity contribution in [2.75, 3.05) is 5.32 Å². The number of nitrogens with one attached hydrogen (secondary N) is 1. The second kappa shape index (κ2) is 8.69. The van der Waals surface area contributed by atoms with Crippen LogP contribution in [-0.4, -0.2) is 5.91 Å². The molecule has 0 fully saturated rings. The van der Waals surface area contributed by atoms with E-state index in [0.29, 0.717) is 33.5 Å². The number of fused-ring (bicyclic) bond motifs is 1. The number of ether oxygens (including phenoxy) is 1. The lowest BCUT2D eigenvalue weighted by atomic mass is 9.96. The van der Waals surface area contributed by atoms with E-state index in [1.165, 1.54) is 16.2 Å². The highest BCUT2D eigenvalue weighted by molar-refractivity contribution is 7.16. The summed E-state index contributed by atoms with van der Waals surface area (Å²) in [6.45, 7) is 0.332. The van der Waals surface area contributed by atoms with Crippen LogP contribution in [0.25, 0.3) is 0 Å². The fourth-order valence-electron chi connectivity index (χ4n) is 3.46. The Bertz CT molecular complexity index is 1080. The van der Waals surface area contributed by atoms with Gasteiger partial charge in [-0.3, -0.25) is 4.79 Å². The second-order valence-corrected chi connectivity index (χ2v) is 8.43. The van der Waals surface area contributed by atoms with Crippen molar-refractivity contribution in [1.29, 1.82) is 5.26 Å². The highest BCUT2D eigenvalue weighted by Gasteiger charge is 2.23. The third-order valence-corrected chi connectivity index (χ3v) is 6.41. The number of carbonyl (C=O) groups is 1. The summed E-state index contributed by atoms with van der Waals surface area (Å²) in [5.41, 5.74) is 3.11. The van der Waals surface area contributed by atoms with Gasteiger partial charge in [-0.05, 0) is 61.1 Å². The number of nitrogens with zero attached hydrogens (tertiary/aromatic N) is 1. The lowest BCUT2D eigenvalue weighted by Gasteiger charge is -2.11. The lowest BCUT2D eigenvalue weighted by Crippen LogP contribution is -2.13. The molecule has 3 aromatic rings. The number of carbonyl (C=O) groups excluding carboxylic acids is 1. The zero-order valence-corrected chi connectivity index (χ0v) is 17.3. The maximum atomic E-state index is 13.0. The second-order valence-electron chi connectivity index (χ2n) is 6.89. The van der Waals surface area contributed by atoms with Gasteiger partial charge in [-0.1, -0.05) is 35.9 Å². The van der Waals surface area contributed by atoms with Crippen LogP contribution in [0.15, 0.2) is 48.5 Å². The fraction of sp³-hybridized carbons (Fsp3) is 0.217. The third-order valence-electron chi connectivity index (χ3n) is 4.95. The molecule has 146 valence electrons. The number of anilines is 1. The standard InChI is InChI=1S/C23H19ClN2O2S/c24-16-11-9-15(10-12-16)14-28-20-7-3-1-6-18(20)22(27)26-23-19(13-25)17-5-2-4-8-21(17)29-23/h1,3,6-7,9-12H,2,4-5,8,14H2,(H,26,27). The molecule has 0 spiro atoms. The number of thiophene rings is 1. The van der Waals surface area contributed by atoms with Gasteiger partial charge in [0.05, 0.1) is 11.1 Å². The molecule has 0 saturated carbocycles. The summed E-state index contributed by atoms with van der Waals surface area (Å²) in [6.07, 6.45) is 4.11. The molecule has 0 bridgehead atoms. The van der Waals surface area contributed by atoms with Crippen LogP contribution in [0.4, 0.5) is 5.00 Å². The minimum Gasteiger partial charge on any atom is -0.488 e. The van der Waals surface area contributed by atoms with Crippen molar-refractivity contribution in [3.05, 3.63) is 80.7 Å². The molecule has 0 atom stereocenters. The molecule has 1 heterocycles. The number of aryl methyl sites for hydroxylation is 1. The summed E-state index contributed by atoms with van der Waals surface area (Å²) in [6, 6.07) is 16.8. The maximum Gasteiger partial charge on any atom is 0.260 e. The van der Waals surface area contributed by atoms with E-state index in [9.17, 15) is 10.1 Å². The fourth-order valence-corrected chi connectivity index (χ4v) is 4.83. The summed E-state index contributed by atoms with van der Waals surface area (Å²) in [5, 5.41) is 13.8. The summed E-state index contributed by atoms with van der Waals surface area (Å²) >= 11 is 7.44. The van der Waals surface area contributed by atoms with Crippen LogP contribution in [0.5, 0.6) is 5.75 Å². The van der Waals surface area contributed by atoms with Crippen molar-refractivity contribution in [1.82, 2.24) is 0 Å². The largest absolute Gasteiger partial charge is 0.488 e. The molecule has 0 saturated heterocycles. The number of halogens is 1. The monoisotopic (exact) mass is 422 g/mol. The first kappa shape index (κ1) is 19.5. The average molecular weight is 423 g/mol. The predicted molar refractivity (Wildman–Crippen MR) is 116 cm³/mol. The van der Waals surface area contributed by atoms with Crippen LogP contribution in [0, 0.1) is 11.3 Å². The Morgan fingerprint density at radius 3 is 2.69 bits per heavy atom. The van der Waals surface area contributed by atoms with Gasteiger partial charge < -0.3 is 10.1 Å². The van der Waals surface area contributed by atoms with Crippen LogP contribution < -0.4 is 10.1 Å². The van der Waals surface area contributed by atoms with Crippen LogP contribution in [0.1, 0.15) is 44.8 Å². The quantitative estimate of drug-likeness (QED) is 0.549. The Morgan fingerprint density at radius 1 is 1.14 bits per heavy atom. The van der Waals surface area contributed by atoms with Crippen molar-refractivity contribution in [3.63, 3.8) is 0 Å². The number of nitriles is 1. The molecule has 6 heteroatoms. The normalized spacial score (nSPS) is 12.7. The molecule has 1 aliphatic rings. The zero-order chi connectivity index (χ0) is 20.2. The van der Waals surface area contributed by atoms with Gasteiger partial charge >= 0.3 is 0 Å². The highest BCUT2D eigenvalue weighted by atomic mass is 35.5. The van der Waals surface area contributed by atoms with Gasteiger partial charge in [0.2, 0.25) is 0 Å². The van der Waals surface area contributed by atoms with Gasteiger partial charge in [0.25, 0.3) is 5.91 Å². The van der Waals surface area contributed by atoms with E-state index in [4.69, 9.17) is 16.3 Å². The molecule has 0 unspecified atom stereocenters. The van der Waals surface area contributed by atoms with E-state index in [1.54, 1.807) is 30.3 Å². The van der Waals surface area contributed by atoms with Gasteiger partial charge in [-0.2, -0.15) is 5.26 Å². The molecular formula is C23H19ClN2O2S. The van der Waals surface area contributed by atoms with Gasteiger partial charge in [0.15, 0.2) is 0 Å². The SMILES string of the molecule is N#Cc1c(NC(=O)c2ccccc2OCc2ccc(Cl)cc2)sc2c1CCCC2. The van der Waals surface area contributed by atoms with Crippen molar-refractivity contribution >= 4 is 33.8 Å².